The second-order valence-corrected chi connectivity index (χ2v) is 43.3. The van der Waals surface area contributed by atoms with Crippen LogP contribution in [0.1, 0.15) is 209 Å². The molecule has 4 nitrogen and oxygen atoms in total. The molecule has 0 amide bonds. The summed E-state index contributed by atoms with van der Waals surface area (Å²) in [5.74, 6) is 0. The molecule has 582 valence electrons. The van der Waals surface area contributed by atoms with Crippen molar-refractivity contribution in [3.63, 3.8) is 0 Å². The standard InChI is InChI=1S/C110H107BN4Se2/c1-104(2,3)70-42-50-89-83(54-70)97-85-56-72(106(7,8)9)44-52-95(85)116-102(97)112(89)77-46-48-87-91(64-77)114(100-79(66-34-26-22-27-35-66)58-74(108(13,14)15)59-80(100)67-36-28-23-29-37-67)93-62-76(110(19,20)21)63-94-99(93)111(87)88-49-47-78(113-90-51-43-71(105(4,5)6)55-84(90)98-86-57-73(107(10,11)12)45-53-96(86)117-103(98)113)65-92(88)115(94)101-81(68-38-30-24-31-39-68)60-75(109(16,17)18)61-82(101)69-40-32-25-33-41-69/h22-65H,1-21H3/i42D,43D,44D,45D,46D,47D,48D,49D,50D,51D,52D,53D,54D,55D,56D,57D,64D,65D. The SMILES string of the molecule is [2H]c1c([2H])c(-n2c3[se]c4c([2H])c([2H])c(C(C)(C)C)c([2H])c4c3c3c([2H])c(C(C)(C)C)c([2H])c([2H])c32)c([2H])c2c1B1c3c(cc(C(C)(C)C)cc3N(c3c(-c4ccccc4)cc(C(C)(C)C)cc3-c3ccccc3)c3c([2H])c(-n4c5[se]c6c([2H])c([2H])c(C(C)(C)C)c([2H])c6c5c5c([2H])c(C(C)(C)C)c([2H])c([2H])c54)c([2H])c([2H])c31)N2c1c(-c2ccccc2)cc(C(C)(C)C)cc1-c1ccccc1. The van der Waals surface area contributed by atoms with Gasteiger partial charge >= 0.3 is 735 Å². The van der Waals surface area contributed by atoms with Gasteiger partial charge in [0.1, 0.15) is 0 Å². The first kappa shape index (κ1) is 58.5. The van der Waals surface area contributed by atoms with Gasteiger partial charge in [0.05, 0.1) is 0 Å². The molecule has 4 aromatic heterocycles. The molecule has 19 rings (SSSR count). The molecule has 0 radical (unpaired) electrons. The fourth-order valence-electron chi connectivity index (χ4n) is 16.8. The van der Waals surface area contributed by atoms with E-state index in [-0.39, 0.29) is 151 Å². The molecule has 0 saturated carbocycles. The van der Waals surface area contributed by atoms with Gasteiger partial charge in [-0.05, 0) is 0 Å². The molecule has 17 aromatic rings. The number of hydrogen-bond donors (Lipinski definition) is 0. The van der Waals surface area contributed by atoms with E-state index < -0.39 is 97.8 Å². The van der Waals surface area contributed by atoms with Crippen LogP contribution < -0.4 is 26.2 Å². The maximum atomic E-state index is 12.2. The van der Waals surface area contributed by atoms with Gasteiger partial charge in [0.25, 0.3) is 0 Å². The molecular formula is C110H107BN4Se2. The van der Waals surface area contributed by atoms with E-state index in [1.807, 2.05) is 156 Å². The predicted octanol–water partition coefficient (Wildman–Crippen LogP) is 28.1. The Kier molecular flexibility index (Phi) is 13.5. The average Bonchev–Trinajstić information content (AvgIpc) is 0.952. The monoisotopic (exact) mass is 1670 g/mol. The Hall–Kier alpha value is -10.4. The summed E-state index contributed by atoms with van der Waals surface area (Å²) in [6.07, 6.45) is 0. The fourth-order valence-corrected chi connectivity index (χ4v) is 21.6. The molecule has 13 aromatic carbocycles. The minimum atomic E-state index is -1.50. The van der Waals surface area contributed by atoms with Crippen molar-refractivity contribution in [2.75, 3.05) is 9.80 Å². The second-order valence-electron chi connectivity index (χ2n) is 39.1. The van der Waals surface area contributed by atoms with Gasteiger partial charge in [-0.2, -0.15) is 0 Å². The van der Waals surface area contributed by atoms with Gasteiger partial charge in [0.15, 0.2) is 0 Å². The summed E-state index contributed by atoms with van der Waals surface area (Å²) in [7, 11) is 0. The average molecular weight is 1670 g/mol. The minimum absolute atomic E-state index is 0.0143. The van der Waals surface area contributed by atoms with Crippen molar-refractivity contribution in [1.82, 2.24) is 9.13 Å². The van der Waals surface area contributed by atoms with E-state index in [4.69, 9.17) is 0 Å². The van der Waals surface area contributed by atoms with Crippen molar-refractivity contribution in [3.05, 3.63) is 305 Å². The van der Waals surface area contributed by atoms with Crippen LogP contribution in [0.3, 0.4) is 0 Å². The molecule has 2 aliphatic rings. The fraction of sp³-hybridized carbons (Fsp3) is 0.255. The van der Waals surface area contributed by atoms with Gasteiger partial charge in [-0.3, -0.25) is 0 Å². The molecule has 0 fully saturated rings. The molecule has 0 atom stereocenters. The van der Waals surface area contributed by atoms with Gasteiger partial charge in [0.2, 0.25) is 0 Å². The van der Waals surface area contributed by atoms with Crippen molar-refractivity contribution < 1.29 is 24.7 Å². The van der Waals surface area contributed by atoms with Crippen molar-refractivity contribution in [3.8, 4) is 55.9 Å². The second kappa shape index (κ2) is 27.1. The zero-order valence-electron chi connectivity index (χ0n) is 88.7. The molecule has 7 heteroatoms. The number of fused-ring (bicyclic) bond motifs is 14. The summed E-state index contributed by atoms with van der Waals surface area (Å²) < 4.78 is 199. The third-order valence-corrected chi connectivity index (χ3v) is 28.0. The van der Waals surface area contributed by atoms with Crippen molar-refractivity contribution in [2.24, 2.45) is 0 Å². The zero-order chi connectivity index (χ0) is 97.5. The molecule has 0 bridgehead atoms. The van der Waals surface area contributed by atoms with E-state index in [1.54, 1.807) is 9.13 Å². The number of aromatic nitrogens is 2. The molecule has 0 N–H and O–H groups in total. The topological polar surface area (TPSA) is 16.3 Å². The van der Waals surface area contributed by atoms with Crippen molar-refractivity contribution >= 4 is 147 Å². The Morgan fingerprint density at radius 2 is 0.564 bits per heavy atom. The van der Waals surface area contributed by atoms with Crippen LogP contribution in [0, 0.1) is 0 Å². The third-order valence-electron chi connectivity index (χ3n) is 23.4. The van der Waals surface area contributed by atoms with Crippen LogP contribution in [0.25, 0.3) is 117 Å². The van der Waals surface area contributed by atoms with Crippen LogP contribution in [-0.4, -0.2) is 44.9 Å². The molecule has 6 heterocycles. The van der Waals surface area contributed by atoms with Crippen LogP contribution in [0.15, 0.2) is 266 Å². The van der Waals surface area contributed by atoms with Gasteiger partial charge in [-0.15, -0.1) is 0 Å². The van der Waals surface area contributed by atoms with E-state index in [0.29, 0.717) is 100 Å². The van der Waals surface area contributed by atoms with Gasteiger partial charge < -0.3 is 0 Å². The molecule has 0 aliphatic carbocycles. The molecule has 0 spiro atoms. The number of benzene rings is 13. The molecule has 0 saturated heterocycles. The van der Waals surface area contributed by atoms with Crippen LogP contribution >= 0.6 is 0 Å². The summed E-state index contributed by atoms with van der Waals surface area (Å²) in [4.78, 5) is 4.16. The molecule has 2 aliphatic heterocycles. The maximum absolute atomic E-state index is 12.2. The van der Waals surface area contributed by atoms with E-state index >= 15 is 0 Å². The van der Waals surface area contributed by atoms with E-state index in [2.05, 4.69) is 157 Å². The van der Waals surface area contributed by atoms with E-state index in [1.165, 1.54) is 0 Å². The Bertz CT molecular complexity index is 7460. The quantitative estimate of drug-likeness (QED) is 0.141. The molecular weight excluding hydrogens is 1550 g/mol. The first-order chi connectivity index (χ1) is 63.0. The van der Waals surface area contributed by atoms with Gasteiger partial charge in [0, 0.05) is 0 Å². The number of nitrogens with zero attached hydrogens (tertiary/aromatic N) is 4. The van der Waals surface area contributed by atoms with E-state index in [9.17, 15) is 24.7 Å². The first-order valence-electron chi connectivity index (χ1n) is 49.7. The van der Waals surface area contributed by atoms with Gasteiger partial charge in [-0.25, -0.2) is 0 Å². The normalized spacial score (nSPS) is 15.8. The van der Waals surface area contributed by atoms with Crippen LogP contribution in [0.5, 0.6) is 0 Å². The van der Waals surface area contributed by atoms with Crippen LogP contribution in [0.2, 0.25) is 0 Å². The third kappa shape index (κ3) is 12.8. The van der Waals surface area contributed by atoms with Crippen LogP contribution in [-0.2, 0) is 37.9 Å². The first-order valence-corrected chi connectivity index (χ1v) is 44.1. The Morgan fingerprint density at radius 1 is 0.282 bits per heavy atom. The number of hydrogen-bond acceptors (Lipinski definition) is 2. The summed E-state index contributed by atoms with van der Waals surface area (Å²) in [5, 5.41) is 1.56. The van der Waals surface area contributed by atoms with E-state index in [0.717, 1.165) is 38.9 Å². The van der Waals surface area contributed by atoms with Crippen molar-refractivity contribution in [1.29, 1.82) is 0 Å². The van der Waals surface area contributed by atoms with Gasteiger partial charge in [-0.1, -0.05) is 0 Å². The summed E-state index contributed by atoms with van der Waals surface area (Å²) in [6.45, 7) is 40.5. The molecule has 0 unspecified atom stereocenters. The Morgan fingerprint density at radius 3 is 0.863 bits per heavy atom. The van der Waals surface area contributed by atoms with Crippen molar-refractivity contribution in [2.45, 2.75) is 183 Å². The summed E-state index contributed by atoms with van der Waals surface area (Å²) in [6, 6.07) is 48.4. The summed E-state index contributed by atoms with van der Waals surface area (Å²) in [5.41, 5.74) is 6.33. The van der Waals surface area contributed by atoms with Crippen LogP contribution in [0.4, 0.5) is 34.1 Å². The predicted molar refractivity (Wildman–Crippen MR) is 511 cm³/mol. The Labute approximate surface area is 730 Å². The molecule has 117 heavy (non-hydrogen) atoms. The number of rotatable bonds is 8. The summed E-state index contributed by atoms with van der Waals surface area (Å²) >= 11 is -2.20. The Balaban J connectivity index is 1.10. The zero-order valence-corrected chi connectivity index (χ0v) is 74.1. The number of anilines is 6.